The molecule has 0 aromatic heterocycles. The van der Waals surface area contributed by atoms with Crippen molar-refractivity contribution >= 4 is 18.0 Å². The van der Waals surface area contributed by atoms with Crippen LogP contribution in [0.15, 0.2) is 36.4 Å². The van der Waals surface area contributed by atoms with E-state index in [1.165, 1.54) is 6.08 Å². The fraction of sp³-hybridized carbons (Fsp3) is 0.643. The molecule has 0 heterocycles. The molecule has 182 valence electrons. The normalized spacial score (nSPS) is 33.5. The lowest BCUT2D eigenvalue weighted by Gasteiger charge is -2.44. The van der Waals surface area contributed by atoms with Crippen molar-refractivity contribution in [2.45, 2.75) is 73.0 Å². The van der Waals surface area contributed by atoms with Crippen molar-refractivity contribution in [1.29, 1.82) is 0 Å². The van der Waals surface area contributed by atoms with Crippen LogP contribution in [-0.2, 0) is 19.1 Å². The van der Waals surface area contributed by atoms with E-state index in [-0.39, 0.29) is 46.8 Å². The summed E-state index contributed by atoms with van der Waals surface area (Å²) in [6, 6.07) is 9.72. The van der Waals surface area contributed by atoms with Gasteiger partial charge in [-0.15, -0.1) is 0 Å². The van der Waals surface area contributed by atoms with Gasteiger partial charge in [0.15, 0.2) is 0 Å². The monoisotopic (exact) mass is 456 g/mol. The van der Waals surface area contributed by atoms with Crippen LogP contribution in [-0.4, -0.2) is 35.9 Å². The van der Waals surface area contributed by atoms with Gasteiger partial charge in [0.25, 0.3) is 0 Å². The molecule has 0 bridgehead atoms. The van der Waals surface area contributed by atoms with E-state index >= 15 is 0 Å². The number of hydrogen-bond acceptors (Lipinski definition) is 5. The zero-order valence-corrected chi connectivity index (χ0v) is 20.9. The minimum Gasteiger partial charge on any atom is -0.460 e. The first-order valence-corrected chi connectivity index (χ1v) is 12.2. The quantitative estimate of drug-likeness (QED) is 0.466. The highest BCUT2D eigenvalue weighted by Gasteiger charge is 2.60. The lowest BCUT2D eigenvalue weighted by Crippen LogP contribution is -2.46. The molecular weight excluding hydrogens is 416 g/mol. The van der Waals surface area contributed by atoms with Crippen molar-refractivity contribution in [1.82, 2.24) is 0 Å². The van der Waals surface area contributed by atoms with Crippen LogP contribution in [0.2, 0.25) is 0 Å². The molecule has 1 aromatic carbocycles. The molecule has 5 heteroatoms. The first-order valence-electron chi connectivity index (χ1n) is 12.2. The van der Waals surface area contributed by atoms with E-state index in [4.69, 9.17) is 9.47 Å². The predicted molar refractivity (Wildman–Crippen MR) is 129 cm³/mol. The molecule has 2 aliphatic carbocycles. The second-order valence-electron chi connectivity index (χ2n) is 11.2. The fourth-order valence-corrected chi connectivity index (χ4v) is 6.12. The first-order chi connectivity index (χ1) is 15.5. The van der Waals surface area contributed by atoms with Gasteiger partial charge in [0.2, 0.25) is 0 Å². The number of benzene rings is 1. The van der Waals surface area contributed by atoms with Gasteiger partial charge in [-0.1, -0.05) is 71.9 Å². The van der Waals surface area contributed by atoms with Gasteiger partial charge in [-0.25, -0.2) is 9.59 Å². The smallest absolute Gasteiger partial charge is 0.332 e. The summed E-state index contributed by atoms with van der Waals surface area (Å²) in [4.78, 5) is 25.2. The third-order valence-electron chi connectivity index (χ3n) is 8.64. The topological polar surface area (TPSA) is 72.8 Å². The Morgan fingerprint density at radius 3 is 2.39 bits per heavy atom. The largest absolute Gasteiger partial charge is 0.460 e. The molecule has 0 aliphatic heterocycles. The number of hydrogen-bond donors (Lipinski definition) is 1. The van der Waals surface area contributed by atoms with Crippen LogP contribution in [0.25, 0.3) is 6.08 Å². The average Bonchev–Trinajstić information content (AvgIpc) is 3.14. The molecule has 2 aliphatic rings. The molecule has 0 spiro atoms. The van der Waals surface area contributed by atoms with Gasteiger partial charge in [0.1, 0.15) is 18.8 Å². The molecule has 0 amide bonds. The Morgan fingerprint density at radius 1 is 1.12 bits per heavy atom. The molecule has 33 heavy (non-hydrogen) atoms. The minimum atomic E-state index is -0.627. The van der Waals surface area contributed by atoms with E-state index in [0.717, 1.165) is 18.4 Å². The molecule has 3 rings (SSSR count). The summed E-state index contributed by atoms with van der Waals surface area (Å²) in [5, 5.41) is 9.35. The number of fused-ring (bicyclic) bond motifs is 1. The van der Waals surface area contributed by atoms with Crippen LogP contribution in [0.4, 0.5) is 0 Å². The fourth-order valence-electron chi connectivity index (χ4n) is 6.12. The number of aliphatic hydroxyl groups excluding tert-OH is 1. The molecular formula is C28H40O5. The summed E-state index contributed by atoms with van der Waals surface area (Å²) in [7, 11) is 0. The Bertz CT molecular complexity index is 858. The predicted octanol–water partition coefficient (Wildman–Crippen LogP) is 5.27. The Kier molecular flexibility index (Phi) is 7.73. The summed E-state index contributed by atoms with van der Waals surface area (Å²) in [5.74, 6) is 0.0987. The van der Waals surface area contributed by atoms with Crippen molar-refractivity contribution in [2.75, 3.05) is 6.61 Å². The molecule has 1 aromatic rings. The van der Waals surface area contributed by atoms with Crippen LogP contribution in [0.5, 0.6) is 0 Å². The molecule has 0 radical (unpaired) electrons. The highest BCUT2D eigenvalue weighted by atomic mass is 16.6. The van der Waals surface area contributed by atoms with Gasteiger partial charge in [-0.3, -0.25) is 0 Å². The molecule has 0 saturated heterocycles. The van der Waals surface area contributed by atoms with Crippen LogP contribution in [0.1, 0.15) is 66.4 Å². The van der Waals surface area contributed by atoms with Crippen LogP contribution >= 0.6 is 0 Å². The van der Waals surface area contributed by atoms with Crippen molar-refractivity contribution < 1.29 is 24.2 Å². The van der Waals surface area contributed by atoms with Crippen molar-refractivity contribution in [3.8, 4) is 0 Å². The summed E-state index contributed by atoms with van der Waals surface area (Å²) in [5.41, 5.74) is 0.273. The molecule has 1 N–H and O–H groups in total. The Labute approximate surface area is 198 Å². The molecule has 6 atom stereocenters. The number of aliphatic hydroxyl groups is 1. The van der Waals surface area contributed by atoms with E-state index in [9.17, 15) is 14.7 Å². The third kappa shape index (κ3) is 5.18. The highest BCUT2D eigenvalue weighted by Crippen LogP contribution is 2.59. The van der Waals surface area contributed by atoms with Gasteiger partial charge >= 0.3 is 11.9 Å². The van der Waals surface area contributed by atoms with E-state index < -0.39 is 12.6 Å². The number of ether oxygens (including phenoxy) is 2. The van der Waals surface area contributed by atoms with Crippen molar-refractivity contribution in [2.24, 2.45) is 34.5 Å². The third-order valence-corrected chi connectivity index (χ3v) is 8.64. The summed E-state index contributed by atoms with van der Waals surface area (Å²) in [6.07, 6.45) is 5.32. The van der Waals surface area contributed by atoms with Crippen LogP contribution in [0.3, 0.4) is 0 Å². The van der Waals surface area contributed by atoms with E-state index in [1.54, 1.807) is 6.08 Å². The van der Waals surface area contributed by atoms with Crippen LogP contribution < -0.4 is 0 Å². The number of carbonyl (C=O) groups is 2. The van der Waals surface area contributed by atoms with Crippen LogP contribution in [0, 0.1) is 34.5 Å². The molecule has 2 saturated carbocycles. The molecule has 5 nitrogen and oxygen atoms in total. The van der Waals surface area contributed by atoms with Gasteiger partial charge in [0.05, 0.1) is 0 Å². The van der Waals surface area contributed by atoms with Gasteiger partial charge < -0.3 is 14.6 Å². The lowest BCUT2D eigenvalue weighted by atomic mass is 9.66. The van der Waals surface area contributed by atoms with Gasteiger partial charge in [-0.2, -0.15) is 0 Å². The number of rotatable bonds is 6. The maximum atomic E-state index is 13.0. The zero-order chi connectivity index (χ0) is 24.4. The molecule has 2 fully saturated rings. The second-order valence-corrected chi connectivity index (χ2v) is 11.2. The van der Waals surface area contributed by atoms with Crippen molar-refractivity contribution in [3.63, 3.8) is 0 Å². The maximum absolute atomic E-state index is 13.0. The lowest BCUT2D eigenvalue weighted by molar-refractivity contribution is -0.166. The number of esters is 2. The van der Waals surface area contributed by atoms with Gasteiger partial charge in [-0.05, 0) is 48.7 Å². The van der Waals surface area contributed by atoms with E-state index in [0.29, 0.717) is 12.3 Å². The van der Waals surface area contributed by atoms with Gasteiger partial charge in [0, 0.05) is 22.8 Å². The minimum absolute atomic E-state index is 0.180. The van der Waals surface area contributed by atoms with Crippen molar-refractivity contribution in [3.05, 3.63) is 42.0 Å². The summed E-state index contributed by atoms with van der Waals surface area (Å²) in [6.45, 7) is 12.4. The van der Waals surface area contributed by atoms with E-state index in [1.807, 2.05) is 30.3 Å². The second kappa shape index (κ2) is 10.0. The Morgan fingerprint density at radius 2 is 1.79 bits per heavy atom. The average molecular weight is 457 g/mol. The Hall–Kier alpha value is -2.14. The SMILES string of the molecule is CC(C)[C@@]1(C)C[C@H](OC(=O)CO)C(C)(C)[C@H]2CC[C@H](C)[C@@H]2[C@H]1OC(=O)/C=C/c1ccccc1. The standard InChI is InChI=1S/C28H40O5/c1-18(2)28(6)16-22(32-24(31)17-29)27(4,5)21-14-12-19(3)25(21)26(28)33-23(30)15-13-20-10-8-7-9-11-20/h7-11,13,15,18-19,21-22,25-26,29H,12,14,16-17H2,1-6H3/b15-13+/t19-,21-,22-,25-,26+,28+/m0/s1. The molecule has 0 unspecified atom stereocenters. The Balaban J connectivity index is 1.98. The van der Waals surface area contributed by atoms with E-state index in [2.05, 4.69) is 41.5 Å². The highest BCUT2D eigenvalue weighted by molar-refractivity contribution is 5.87. The number of carbonyl (C=O) groups excluding carboxylic acids is 2. The summed E-state index contributed by atoms with van der Waals surface area (Å²) >= 11 is 0. The first kappa shape index (κ1) is 25.5. The zero-order valence-electron chi connectivity index (χ0n) is 20.9. The maximum Gasteiger partial charge on any atom is 0.332 e. The summed E-state index contributed by atoms with van der Waals surface area (Å²) < 4.78 is 12.2.